The first-order valence-corrected chi connectivity index (χ1v) is 3.64. The zero-order chi connectivity index (χ0) is 8.55. The number of fused-ring (bicyclic) bond motifs is 1. The fraction of sp³-hybridized carbons (Fsp3) is 0. The van der Waals surface area contributed by atoms with Crippen LogP contribution in [0.2, 0.25) is 5.15 Å². The lowest BCUT2D eigenvalue weighted by Gasteiger charge is -1.93. The zero-order valence-electron chi connectivity index (χ0n) is 5.94. The summed E-state index contributed by atoms with van der Waals surface area (Å²) in [4.78, 5) is 14.4. The Bertz CT molecular complexity index is 437. The lowest BCUT2D eigenvalue weighted by atomic mass is 10.4. The summed E-state index contributed by atoms with van der Waals surface area (Å²) >= 11 is 5.77. The van der Waals surface area contributed by atoms with Crippen molar-refractivity contribution in [3.05, 3.63) is 29.2 Å². The highest BCUT2D eigenvalue weighted by atomic mass is 35.5. The Labute approximate surface area is 72.8 Å². The highest BCUT2D eigenvalue weighted by Crippen LogP contribution is 2.11. The van der Waals surface area contributed by atoms with Crippen molar-refractivity contribution < 1.29 is 4.79 Å². The average molecular weight is 182 g/mol. The molecule has 5 heteroatoms. The molecule has 0 fully saturated rings. The molecule has 2 aromatic rings. The Hall–Kier alpha value is -1.42. The van der Waals surface area contributed by atoms with E-state index >= 15 is 0 Å². The molecule has 0 aromatic carbocycles. The molecule has 0 amide bonds. The summed E-state index contributed by atoms with van der Waals surface area (Å²) in [7, 11) is 0. The van der Waals surface area contributed by atoms with Gasteiger partial charge in [-0.1, -0.05) is 11.6 Å². The first kappa shape index (κ1) is 7.24. The molecule has 0 unspecified atom stereocenters. The number of halogens is 1. The molecule has 0 spiro atoms. The van der Waals surface area contributed by atoms with Crippen molar-refractivity contribution in [1.29, 1.82) is 0 Å². The minimum atomic E-state index is 0.438. The van der Waals surface area contributed by atoms with E-state index in [1.807, 2.05) is 0 Å². The third-order valence-electron chi connectivity index (χ3n) is 1.51. The van der Waals surface area contributed by atoms with Gasteiger partial charge >= 0.3 is 0 Å². The van der Waals surface area contributed by atoms with Crippen LogP contribution in [0.25, 0.3) is 5.65 Å². The van der Waals surface area contributed by atoms with E-state index in [0.29, 0.717) is 22.6 Å². The second-order valence-electron chi connectivity index (χ2n) is 2.22. The van der Waals surface area contributed by atoms with Crippen molar-refractivity contribution in [2.75, 3.05) is 0 Å². The number of carbonyl (C=O) groups excluding carboxylic acids is 1. The van der Waals surface area contributed by atoms with Gasteiger partial charge in [0.25, 0.3) is 0 Å². The van der Waals surface area contributed by atoms with Crippen LogP contribution in [0.1, 0.15) is 10.4 Å². The van der Waals surface area contributed by atoms with Crippen LogP contribution in [0.5, 0.6) is 0 Å². The number of rotatable bonds is 1. The van der Waals surface area contributed by atoms with Gasteiger partial charge in [0, 0.05) is 6.20 Å². The summed E-state index contributed by atoms with van der Waals surface area (Å²) < 4.78 is 1.41. The Balaban J connectivity index is 2.88. The molecule has 0 saturated heterocycles. The van der Waals surface area contributed by atoms with Gasteiger partial charge in [-0.05, 0) is 6.07 Å². The average Bonchev–Trinajstić information content (AvgIpc) is 2.49. The number of hydrogen-bond acceptors (Lipinski definition) is 3. The molecule has 0 N–H and O–H groups in total. The van der Waals surface area contributed by atoms with Crippen LogP contribution in [-0.2, 0) is 0 Å². The monoisotopic (exact) mass is 181 g/mol. The van der Waals surface area contributed by atoms with E-state index in [1.165, 1.54) is 16.9 Å². The van der Waals surface area contributed by atoms with Gasteiger partial charge in [-0.15, -0.1) is 0 Å². The lowest BCUT2D eigenvalue weighted by molar-refractivity contribution is 0.112. The number of nitrogens with zero attached hydrogens (tertiary/aromatic N) is 3. The number of aldehydes is 1. The molecule has 0 aliphatic rings. The van der Waals surface area contributed by atoms with Gasteiger partial charge in [-0.2, -0.15) is 5.10 Å². The van der Waals surface area contributed by atoms with Crippen molar-refractivity contribution >= 4 is 23.5 Å². The van der Waals surface area contributed by atoms with Crippen molar-refractivity contribution in [1.82, 2.24) is 14.6 Å². The largest absolute Gasteiger partial charge is 0.298 e. The number of aromatic nitrogens is 3. The number of carbonyl (C=O) groups is 1. The van der Waals surface area contributed by atoms with Gasteiger partial charge in [-0.3, -0.25) is 4.79 Å². The minimum absolute atomic E-state index is 0.438. The SMILES string of the molecule is O=Cc1cnn2c(Cl)ccnc12. The summed E-state index contributed by atoms with van der Waals surface area (Å²) in [6, 6.07) is 1.61. The quantitative estimate of drug-likeness (QED) is 0.491. The van der Waals surface area contributed by atoms with Gasteiger partial charge in [0.1, 0.15) is 5.15 Å². The maximum Gasteiger partial charge on any atom is 0.167 e. The van der Waals surface area contributed by atoms with E-state index in [0.717, 1.165) is 0 Å². The third kappa shape index (κ3) is 0.887. The predicted molar refractivity (Wildman–Crippen MR) is 43.4 cm³/mol. The number of hydrogen-bond donors (Lipinski definition) is 0. The Morgan fingerprint density at radius 1 is 1.58 bits per heavy atom. The summed E-state index contributed by atoms with van der Waals surface area (Å²) in [5.41, 5.74) is 0.926. The van der Waals surface area contributed by atoms with Crippen LogP contribution in [0, 0.1) is 0 Å². The highest BCUT2D eigenvalue weighted by Gasteiger charge is 2.05. The van der Waals surface area contributed by atoms with Gasteiger partial charge in [0.05, 0.1) is 11.8 Å². The molecule has 0 radical (unpaired) electrons. The smallest absolute Gasteiger partial charge is 0.167 e. The van der Waals surface area contributed by atoms with Gasteiger partial charge in [0.2, 0.25) is 0 Å². The predicted octanol–water partition coefficient (Wildman–Crippen LogP) is 1.20. The molecule has 2 rings (SSSR count). The summed E-state index contributed by atoms with van der Waals surface area (Å²) in [5, 5.41) is 4.32. The Morgan fingerprint density at radius 2 is 2.42 bits per heavy atom. The molecular formula is C7H4ClN3O. The van der Waals surface area contributed by atoms with Gasteiger partial charge < -0.3 is 0 Å². The second kappa shape index (κ2) is 2.57. The van der Waals surface area contributed by atoms with E-state index < -0.39 is 0 Å². The van der Waals surface area contributed by atoms with Gasteiger partial charge in [-0.25, -0.2) is 9.50 Å². The molecule has 4 nitrogen and oxygen atoms in total. The van der Waals surface area contributed by atoms with Crippen molar-refractivity contribution in [3.8, 4) is 0 Å². The first-order valence-electron chi connectivity index (χ1n) is 3.26. The normalized spacial score (nSPS) is 10.4. The summed E-state index contributed by atoms with van der Waals surface area (Å²) in [6.45, 7) is 0. The summed E-state index contributed by atoms with van der Waals surface area (Å²) in [6.07, 6.45) is 3.67. The van der Waals surface area contributed by atoms with E-state index in [-0.39, 0.29) is 0 Å². The van der Waals surface area contributed by atoms with E-state index in [1.54, 1.807) is 6.07 Å². The second-order valence-corrected chi connectivity index (χ2v) is 2.61. The molecule has 0 bridgehead atoms. The summed E-state index contributed by atoms with van der Waals surface area (Å²) in [5.74, 6) is 0. The first-order chi connectivity index (χ1) is 5.83. The Kier molecular flexibility index (Phi) is 1.55. The van der Waals surface area contributed by atoms with Crippen molar-refractivity contribution in [2.45, 2.75) is 0 Å². The standard InChI is InChI=1S/C7H4ClN3O/c8-6-1-2-9-7-5(4-12)3-10-11(6)7/h1-4H. The van der Waals surface area contributed by atoms with E-state index in [2.05, 4.69) is 10.1 Å². The maximum absolute atomic E-state index is 10.5. The molecule has 0 aliphatic carbocycles. The van der Waals surface area contributed by atoms with Crippen LogP contribution in [0.3, 0.4) is 0 Å². The lowest BCUT2D eigenvalue weighted by Crippen LogP contribution is -1.91. The molecule has 2 aromatic heterocycles. The molecule has 0 aliphatic heterocycles. The van der Waals surface area contributed by atoms with Crippen LogP contribution >= 0.6 is 11.6 Å². The van der Waals surface area contributed by atoms with E-state index in [9.17, 15) is 4.79 Å². The van der Waals surface area contributed by atoms with E-state index in [4.69, 9.17) is 11.6 Å². The van der Waals surface area contributed by atoms with Gasteiger partial charge in [0.15, 0.2) is 11.9 Å². The molecule has 12 heavy (non-hydrogen) atoms. The molecular weight excluding hydrogens is 178 g/mol. The fourth-order valence-electron chi connectivity index (χ4n) is 0.963. The molecule has 60 valence electrons. The molecule has 0 atom stereocenters. The van der Waals surface area contributed by atoms with Crippen LogP contribution in [-0.4, -0.2) is 20.9 Å². The molecule has 0 saturated carbocycles. The Morgan fingerprint density at radius 3 is 3.17 bits per heavy atom. The minimum Gasteiger partial charge on any atom is -0.298 e. The fourth-order valence-corrected chi connectivity index (χ4v) is 1.14. The van der Waals surface area contributed by atoms with Crippen LogP contribution < -0.4 is 0 Å². The third-order valence-corrected chi connectivity index (χ3v) is 1.80. The maximum atomic E-state index is 10.5. The van der Waals surface area contributed by atoms with Crippen molar-refractivity contribution in [2.24, 2.45) is 0 Å². The zero-order valence-corrected chi connectivity index (χ0v) is 6.69. The van der Waals surface area contributed by atoms with Crippen LogP contribution in [0.4, 0.5) is 0 Å². The topological polar surface area (TPSA) is 47.3 Å². The molecule has 2 heterocycles. The highest BCUT2D eigenvalue weighted by molar-refractivity contribution is 6.29. The van der Waals surface area contributed by atoms with Crippen LogP contribution in [0.15, 0.2) is 18.5 Å². The van der Waals surface area contributed by atoms with Crippen molar-refractivity contribution in [3.63, 3.8) is 0 Å².